The van der Waals surface area contributed by atoms with E-state index in [9.17, 15) is 18.9 Å². The first-order chi connectivity index (χ1) is 16.3. The molecule has 0 aliphatic carbocycles. The fraction of sp³-hybridized carbons (Fsp3) is 1.00. The second-order valence-corrected chi connectivity index (χ2v) is 14.7. The third kappa shape index (κ3) is 15.8. The van der Waals surface area contributed by atoms with Gasteiger partial charge in [0.2, 0.25) is 0 Å². The van der Waals surface area contributed by atoms with Crippen LogP contribution in [0.25, 0.3) is 0 Å². The van der Waals surface area contributed by atoms with E-state index in [1.807, 2.05) is 48.5 Å². The molecule has 0 aromatic heterocycles. The number of ether oxygens (including phenoxy) is 2. The number of hydrogen-bond donors (Lipinski definition) is 2. The second-order valence-electron chi connectivity index (χ2n) is 10.9. The molecule has 0 bridgehead atoms. The first-order valence-electron chi connectivity index (χ1n) is 12.1. The summed E-state index contributed by atoms with van der Waals surface area (Å²) in [7, 11) is -7.53. The van der Waals surface area contributed by atoms with Crippen molar-refractivity contribution in [3.8, 4) is 0 Å². The molecule has 0 saturated carbocycles. The van der Waals surface area contributed by atoms with Gasteiger partial charge in [0.15, 0.2) is 9.03 Å². The summed E-state index contributed by atoms with van der Waals surface area (Å²) in [5, 5.41) is 0. The zero-order valence-electron chi connectivity index (χ0n) is 23.6. The normalized spacial score (nSPS) is 18.6. The Labute approximate surface area is 219 Å². The Morgan fingerprint density at radius 2 is 1.50 bits per heavy atom. The molecule has 0 amide bonds. The van der Waals surface area contributed by atoms with Crippen molar-refractivity contribution in [2.24, 2.45) is 17.3 Å². The Morgan fingerprint density at radius 1 is 0.889 bits per heavy atom. The van der Waals surface area contributed by atoms with Crippen LogP contribution in [-0.2, 0) is 41.0 Å². The van der Waals surface area contributed by atoms with Crippen molar-refractivity contribution in [2.75, 3.05) is 40.1 Å². The molecule has 0 heterocycles. The van der Waals surface area contributed by atoms with E-state index in [0.29, 0.717) is 19.4 Å². The fourth-order valence-corrected chi connectivity index (χ4v) is 6.21. The van der Waals surface area contributed by atoms with Gasteiger partial charge in [-0.15, -0.1) is 0 Å². The van der Waals surface area contributed by atoms with Crippen LogP contribution >= 0.6 is 24.7 Å². The van der Waals surface area contributed by atoms with E-state index in [4.69, 9.17) is 31.9 Å². The molecule has 0 aliphatic heterocycles. The molecule has 0 rings (SSSR count). The third-order valence-electron chi connectivity index (χ3n) is 5.22. The lowest BCUT2D eigenvalue weighted by Crippen LogP contribution is -2.45. The minimum absolute atomic E-state index is 0.0571. The molecule has 36 heavy (non-hydrogen) atoms. The van der Waals surface area contributed by atoms with Crippen LogP contribution < -0.4 is 0 Å². The molecule has 11 nitrogen and oxygen atoms in total. The number of phosphoric acid groups is 2. The van der Waals surface area contributed by atoms with E-state index < -0.39 is 41.3 Å². The van der Waals surface area contributed by atoms with Crippen LogP contribution in [0.2, 0.25) is 0 Å². The maximum atomic E-state index is 12.4. The molecule has 0 fully saturated rings. The zero-order chi connectivity index (χ0) is 28.3. The van der Waals surface area contributed by atoms with E-state index in [1.54, 1.807) is 21.0 Å². The van der Waals surface area contributed by atoms with Crippen molar-refractivity contribution in [3.63, 3.8) is 0 Å². The summed E-state index contributed by atoms with van der Waals surface area (Å²) in [4.78, 5) is 19.8. The molecule has 0 aliphatic rings. The maximum absolute atomic E-state index is 12.4. The molecular formula is C22H49O11P3. The average molecular weight is 583 g/mol. The molecule has 4 atom stereocenters. The minimum Gasteiger partial charge on any atom is -0.384 e. The Kier molecular flexibility index (Phi) is 16.2. The van der Waals surface area contributed by atoms with E-state index in [-0.39, 0.29) is 38.3 Å². The predicted molar refractivity (Wildman–Crippen MR) is 141 cm³/mol. The van der Waals surface area contributed by atoms with Crippen LogP contribution in [0.3, 0.4) is 0 Å². The molecule has 14 heteroatoms. The highest BCUT2D eigenvalue weighted by molar-refractivity contribution is 7.54. The first-order valence-corrected chi connectivity index (χ1v) is 16.0. The quantitative estimate of drug-likeness (QED) is 0.120. The number of methoxy groups -OCH3 is 1. The van der Waals surface area contributed by atoms with Crippen molar-refractivity contribution in [1.82, 2.24) is 0 Å². The maximum Gasteiger partial charge on any atom is 0.477 e. The molecule has 0 saturated heterocycles. The van der Waals surface area contributed by atoms with Crippen LogP contribution in [0.4, 0.5) is 0 Å². The van der Waals surface area contributed by atoms with Crippen LogP contribution in [0, 0.1) is 17.3 Å². The number of rotatable bonds is 21. The standard InChI is InChI=1S/C22H49O11P3/c1-11-12-30-36(25,26)33-34-29-17-22(15-27-10,19(4)5)16-28-20(6,7)14-21(8,9)32-35(23,24)31-13-18(2)3/h18-19,34H,11-17H2,1-10H3,(H,23,24)(H,25,26). The van der Waals surface area contributed by atoms with Gasteiger partial charge < -0.3 is 23.8 Å². The van der Waals surface area contributed by atoms with Gasteiger partial charge in [0.25, 0.3) is 0 Å². The van der Waals surface area contributed by atoms with Crippen LogP contribution in [-0.4, -0.2) is 61.1 Å². The van der Waals surface area contributed by atoms with Gasteiger partial charge in [-0.1, -0.05) is 34.6 Å². The number of phosphoric ester groups is 2. The van der Waals surface area contributed by atoms with Gasteiger partial charge >= 0.3 is 15.6 Å². The summed E-state index contributed by atoms with van der Waals surface area (Å²) in [5.74, 6) is 0.144. The SMILES string of the molecule is CCCOP(=O)(O)OPOCC(COC)(COC(C)(C)CC(C)(C)OP(=O)(O)OCC(C)C)C(C)C. The van der Waals surface area contributed by atoms with Crippen LogP contribution in [0.1, 0.15) is 75.2 Å². The Morgan fingerprint density at radius 3 is 2.00 bits per heavy atom. The van der Waals surface area contributed by atoms with Crippen molar-refractivity contribution in [3.05, 3.63) is 0 Å². The lowest BCUT2D eigenvalue weighted by atomic mass is 9.79. The van der Waals surface area contributed by atoms with E-state index >= 15 is 0 Å². The molecule has 0 radical (unpaired) electrons. The Bertz CT molecular complexity index is 715. The summed E-state index contributed by atoms with van der Waals surface area (Å²) in [5.41, 5.74) is -2.36. The van der Waals surface area contributed by atoms with Gasteiger partial charge in [0, 0.05) is 18.9 Å². The average Bonchev–Trinajstić information content (AvgIpc) is 2.70. The lowest BCUT2D eigenvalue weighted by molar-refractivity contribution is -0.130. The Hall–Kier alpha value is 0.530. The summed E-state index contributed by atoms with van der Waals surface area (Å²) in [6.07, 6.45) is 0.878. The van der Waals surface area contributed by atoms with E-state index in [2.05, 4.69) is 0 Å². The monoisotopic (exact) mass is 582 g/mol. The topological polar surface area (TPSA) is 139 Å². The van der Waals surface area contributed by atoms with Gasteiger partial charge in [-0.25, -0.2) is 13.4 Å². The smallest absolute Gasteiger partial charge is 0.384 e. The highest BCUT2D eigenvalue weighted by Crippen LogP contribution is 2.51. The van der Waals surface area contributed by atoms with Gasteiger partial charge in [0.05, 0.1) is 44.2 Å². The van der Waals surface area contributed by atoms with Gasteiger partial charge in [0.1, 0.15) is 0 Å². The summed E-state index contributed by atoms with van der Waals surface area (Å²) >= 11 is 0. The van der Waals surface area contributed by atoms with E-state index in [0.717, 1.165) is 0 Å². The summed E-state index contributed by atoms with van der Waals surface area (Å²) in [6, 6.07) is 0. The molecule has 2 N–H and O–H groups in total. The van der Waals surface area contributed by atoms with Crippen LogP contribution in [0.15, 0.2) is 0 Å². The second kappa shape index (κ2) is 16.0. The lowest BCUT2D eigenvalue weighted by Gasteiger charge is -2.41. The highest BCUT2D eigenvalue weighted by Gasteiger charge is 2.41. The predicted octanol–water partition coefficient (Wildman–Crippen LogP) is 6.10. The summed E-state index contributed by atoms with van der Waals surface area (Å²) in [6.45, 7) is 17.6. The molecule has 0 spiro atoms. The van der Waals surface area contributed by atoms with Gasteiger partial charge in [-0.05, 0) is 46.0 Å². The van der Waals surface area contributed by atoms with Crippen molar-refractivity contribution < 1.29 is 50.8 Å². The summed E-state index contributed by atoms with van der Waals surface area (Å²) < 4.78 is 61.9. The van der Waals surface area contributed by atoms with Crippen molar-refractivity contribution in [1.29, 1.82) is 0 Å². The molecule has 4 unspecified atom stereocenters. The molecule has 0 aromatic rings. The number of hydrogen-bond acceptors (Lipinski definition) is 9. The molecule has 218 valence electrons. The van der Waals surface area contributed by atoms with Crippen molar-refractivity contribution >= 4 is 24.7 Å². The molecule has 0 aromatic carbocycles. The first kappa shape index (κ1) is 36.5. The van der Waals surface area contributed by atoms with Crippen molar-refractivity contribution in [2.45, 2.75) is 86.4 Å². The van der Waals surface area contributed by atoms with Gasteiger partial charge in [-0.3, -0.25) is 13.6 Å². The van der Waals surface area contributed by atoms with Crippen LogP contribution in [0.5, 0.6) is 0 Å². The zero-order valence-corrected chi connectivity index (χ0v) is 26.4. The van der Waals surface area contributed by atoms with E-state index in [1.165, 1.54) is 0 Å². The molecular weight excluding hydrogens is 533 g/mol. The Balaban J connectivity index is 5.19. The van der Waals surface area contributed by atoms with Gasteiger partial charge in [-0.2, -0.15) is 0 Å². The minimum atomic E-state index is -4.23. The third-order valence-corrected chi connectivity index (χ3v) is 8.41. The fourth-order valence-electron chi connectivity index (χ4n) is 3.42. The highest BCUT2D eigenvalue weighted by atomic mass is 31.2. The largest absolute Gasteiger partial charge is 0.477 e.